The molecule has 9 nitrogen and oxygen atoms in total. The quantitative estimate of drug-likeness (QED) is 0.447. The number of thioether (sulfide) groups is 1. The zero-order valence-electron chi connectivity index (χ0n) is 20.8. The summed E-state index contributed by atoms with van der Waals surface area (Å²) in [7, 11) is 1.45. The number of carbonyl (C=O) groups excluding carboxylic acids is 3. The Balaban J connectivity index is 1.46. The van der Waals surface area contributed by atoms with Crippen LogP contribution in [0.25, 0.3) is 6.08 Å². The van der Waals surface area contributed by atoms with Gasteiger partial charge in [-0.1, -0.05) is 36.6 Å². The summed E-state index contributed by atoms with van der Waals surface area (Å²) >= 11 is 7.24. The second-order valence-electron chi connectivity index (χ2n) is 8.89. The SMILES string of the molecule is COc1cc(C=C2SC(=O)N(CC(=O)N3CCCCCC3)C2=O)cc(Cl)c1OCc1ccc(C(=O)O)cc1. The van der Waals surface area contributed by atoms with Crippen molar-refractivity contribution in [2.24, 2.45) is 0 Å². The Hall–Kier alpha value is -3.50. The van der Waals surface area contributed by atoms with E-state index in [2.05, 4.69) is 0 Å². The van der Waals surface area contributed by atoms with Gasteiger partial charge in [0.2, 0.25) is 5.91 Å². The molecule has 2 aromatic rings. The maximum atomic E-state index is 13.0. The average molecular weight is 559 g/mol. The summed E-state index contributed by atoms with van der Waals surface area (Å²) in [5, 5.41) is 8.77. The van der Waals surface area contributed by atoms with E-state index in [1.807, 2.05) is 0 Å². The number of imide groups is 1. The lowest BCUT2D eigenvalue weighted by molar-refractivity contribution is -0.135. The number of likely N-dealkylation sites (tertiary alicyclic amines) is 1. The maximum Gasteiger partial charge on any atom is 0.335 e. The number of rotatable bonds is 8. The molecule has 2 aliphatic rings. The Labute approximate surface area is 229 Å². The largest absolute Gasteiger partial charge is 0.493 e. The lowest BCUT2D eigenvalue weighted by Gasteiger charge is -2.22. The summed E-state index contributed by atoms with van der Waals surface area (Å²) in [6.07, 6.45) is 5.53. The van der Waals surface area contributed by atoms with Gasteiger partial charge in [-0.2, -0.15) is 0 Å². The van der Waals surface area contributed by atoms with Crippen molar-refractivity contribution in [2.75, 3.05) is 26.7 Å². The molecule has 0 radical (unpaired) electrons. The first kappa shape index (κ1) is 27.5. The number of carboxylic acid groups (broad SMARTS) is 1. The molecule has 2 fully saturated rings. The molecule has 1 N–H and O–H groups in total. The standard InChI is InChI=1S/C27H27ClN2O7S/c1-36-21-13-18(12-20(28)24(21)37-16-17-6-8-19(9-7-17)26(33)34)14-22-25(32)30(27(35)38-22)15-23(31)29-10-4-2-3-5-11-29/h6-9,12-14H,2-5,10-11,15-16H2,1H3,(H,33,34). The van der Waals surface area contributed by atoms with Crippen LogP contribution in [0.3, 0.4) is 0 Å². The van der Waals surface area contributed by atoms with Crippen LogP contribution in [0.2, 0.25) is 5.02 Å². The summed E-state index contributed by atoms with van der Waals surface area (Å²) < 4.78 is 11.3. The second kappa shape index (κ2) is 12.4. The third kappa shape index (κ3) is 6.49. The fourth-order valence-electron chi connectivity index (χ4n) is 4.21. The predicted octanol–water partition coefficient (Wildman–Crippen LogP) is 5.06. The minimum Gasteiger partial charge on any atom is -0.493 e. The first-order valence-corrected chi connectivity index (χ1v) is 13.3. The summed E-state index contributed by atoms with van der Waals surface area (Å²) in [6, 6.07) is 9.47. The van der Waals surface area contributed by atoms with Crippen molar-refractivity contribution in [3.8, 4) is 11.5 Å². The molecule has 11 heteroatoms. The Morgan fingerprint density at radius 2 is 1.76 bits per heavy atom. The Morgan fingerprint density at radius 3 is 2.39 bits per heavy atom. The number of carbonyl (C=O) groups is 4. The van der Waals surface area contributed by atoms with Crippen molar-refractivity contribution < 1.29 is 33.8 Å². The third-order valence-corrected chi connectivity index (χ3v) is 7.45. The molecule has 0 aromatic heterocycles. The molecule has 4 rings (SSSR count). The van der Waals surface area contributed by atoms with Gasteiger partial charge in [0.15, 0.2) is 11.5 Å². The lowest BCUT2D eigenvalue weighted by atomic mass is 10.1. The monoisotopic (exact) mass is 558 g/mol. The fraction of sp³-hybridized carbons (Fsp3) is 0.333. The van der Waals surface area contributed by atoms with E-state index in [4.69, 9.17) is 26.2 Å². The molecular weight excluding hydrogens is 532 g/mol. The number of nitrogens with zero attached hydrogens (tertiary/aromatic N) is 2. The number of methoxy groups -OCH3 is 1. The minimum atomic E-state index is -1.01. The van der Waals surface area contributed by atoms with Gasteiger partial charge in [0.05, 0.1) is 22.6 Å². The van der Waals surface area contributed by atoms with Gasteiger partial charge >= 0.3 is 5.97 Å². The average Bonchev–Trinajstić information content (AvgIpc) is 3.08. The van der Waals surface area contributed by atoms with E-state index in [0.29, 0.717) is 24.4 Å². The highest BCUT2D eigenvalue weighted by molar-refractivity contribution is 8.18. The molecule has 3 amide bonds. The Kier molecular flexibility index (Phi) is 8.96. The van der Waals surface area contributed by atoms with Crippen molar-refractivity contribution in [2.45, 2.75) is 32.3 Å². The normalized spacial score (nSPS) is 17.1. The summed E-state index contributed by atoms with van der Waals surface area (Å²) in [5.41, 5.74) is 1.43. The van der Waals surface area contributed by atoms with Crippen molar-refractivity contribution in [1.82, 2.24) is 9.80 Å². The highest BCUT2D eigenvalue weighted by Gasteiger charge is 2.37. The molecule has 2 aliphatic heterocycles. The second-order valence-corrected chi connectivity index (χ2v) is 10.3. The van der Waals surface area contributed by atoms with Gasteiger partial charge in [-0.25, -0.2) is 4.79 Å². The van der Waals surface area contributed by atoms with E-state index in [-0.39, 0.29) is 40.3 Å². The van der Waals surface area contributed by atoms with Gasteiger partial charge in [-0.05, 0) is 66.1 Å². The highest BCUT2D eigenvalue weighted by atomic mass is 35.5. The fourth-order valence-corrected chi connectivity index (χ4v) is 5.32. The van der Waals surface area contributed by atoms with Crippen LogP contribution in [0.15, 0.2) is 41.3 Å². The van der Waals surface area contributed by atoms with Gasteiger partial charge in [0, 0.05) is 13.1 Å². The number of halogens is 1. The number of aromatic carboxylic acids is 1. The van der Waals surface area contributed by atoms with Crippen molar-refractivity contribution in [3.63, 3.8) is 0 Å². The van der Waals surface area contributed by atoms with Gasteiger partial charge in [0.25, 0.3) is 11.1 Å². The van der Waals surface area contributed by atoms with Crippen molar-refractivity contribution >= 4 is 52.5 Å². The minimum absolute atomic E-state index is 0.124. The number of hydrogen-bond acceptors (Lipinski definition) is 7. The van der Waals surface area contributed by atoms with Gasteiger partial charge in [-0.15, -0.1) is 0 Å². The van der Waals surface area contributed by atoms with E-state index in [1.165, 1.54) is 25.3 Å². The highest BCUT2D eigenvalue weighted by Crippen LogP contribution is 2.39. The first-order valence-electron chi connectivity index (χ1n) is 12.1. The van der Waals surface area contributed by atoms with Crippen LogP contribution >= 0.6 is 23.4 Å². The van der Waals surface area contributed by atoms with Crippen LogP contribution in [0.1, 0.15) is 47.2 Å². The van der Waals surface area contributed by atoms with Crippen LogP contribution in [0, 0.1) is 0 Å². The van der Waals surface area contributed by atoms with Gasteiger partial charge < -0.3 is 19.5 Å². The third-order valence-electron chi connectivity index (χ3n) is 6.26. The van der Waals surface area contributed by atoms with E-state index < -0.39 is 17.1 Å². The van der Waals surface area contributed by atoms with Gasteiger partial charge in [0.1, 0.15) is 13.2 Å². The van der Waals surface area contributed by atoms with E-state index in [9.17, 15) is 19.2 Å². The summed E-state index contributed by atoms with van der Waals surface area (Å²) in [5.74, 6) is -1.16. The van der Waals surface area contributed by atoms with E-state index in [1.54, 1.807) is 29.2 Å². The molecule has 2 saturated heterocycles. The zero-order chi connectivity index (χ0) is 27.2. The molecule has 0 unspecified atom stereocenters. The van der Waals surface area contributed by atoms with Crippen LogP contribution in [0.4, 0.5) is 4.79 Å². The zero-order valence-corrected chi connectivity index (χ0v) is 22.3. The molecule has 0 spiro atoms. The van der Waals surface area contributed by atoms with Crippen molar-refractivity contribution in [3.05, 3.63) is 63.0 Å². The van der Waals surface area contributed by atoms with E-state index >= 15 is 0 Å². The predicted molar refractivity (Wildman–Crippen MR) is 143 cm³/mol. The van der Waals surface area contributed by atoms with Crippen molar-refractivity contribution in [1.29, 1.82) is 0 Å². The number of ether oxygens (including phenoxy) is 2. The smallest absolute Gasteiger partial charge is 0.335 e. The molecule has 0 aliphatic carbocycles. The van der Waals surface area contributed by atoms with Crippen LogP contribution in [0.5, 0.6) is 11.5 Å². The van der Waals surface area contributed by atoms with Crippen LogP contribution < -0.4 is 9.47 Å². The van der Waals surface area contributed by atoms with Crippen LogP contribution in [-0.4, -0.2) is 64.7 Å². The summed E-state index contributed by atoms with van der Waals surface area (Å²) in [4.78, 5) is 52.1. The number of carboxylic acids is 1. The molecule has 0 atom stereocenters. The first-order chi connectivity index (χ1) is 18.3. The maximum absolute atomic E-state index is 13.0. The molecule has 2 aromatic carbocycles. The van der Waals surface area contributed by atoms with Crippen LogP contribution in [-0.2, 0) is 16.2 Å². The molecule has 38 heavy (non-hydrogen) atoms. The molecule has 2 heterocycles. The molecule has 0 bridgehead atoms. The molecule has 0 saturated carbocycles. The molecular formula is C27H27ClN2O7S. The number of benzene rings is 2. The molecule has 200 valence electrons. The number of hydrogen-bond donors (Lipinski definition) is 1. The van der Waals surface area contributed by atoms with Gasteiger partial charge in [-0.3, -0.25) is 19.3 Å². The van der Waals surface area contributed by atoms with E-state index in [0.717, 1.165) is 47.9 Å². The Morgan fingerprint density at radius 1 is 1.08 bits per heavy atom. The number of amides is 3. The Bertz CT molecular complexity index is 1270. The lowest BCUT2D eigenvalue weighted by Crippen LogP contribution is -2.42. The topological polar surface area (TPSA) is 113 Å². The summed E-state index contributed by atoms with van der Waals surface area (Å²) in [6.45, 7) is 1.14.